The molecule has 0 bridgehead atoms. The summed E-state index contributed by atoms with van der Waals surface area (Å²) >= 11 is 0. The van der Waals surface area contributed by atoms with Gasteiger partial charge in [0.1, 0.15) is 5.75 Å². The molecule has 0 aliphatic rings. The number of hydrogen-bond acceptors (Lipinski definition) is 5. The van der Waals surface area contributed by atoms with Crippen molar-refractivity contribution < 1.29 is 28.8 Å². The maximum atomic E-state index is 10.8. The predicted molar refractivity (Wildman–Crippen MR) is 54.9 cm³/mol. The van der Waals surface area contributed by atoms with Gasteiger partial charge in [-0.1, -0.05) is 0 Å². The van der Waals surface area contributed by atoms with Crippen molar-refractivity contribution in [1.82, 2.24) is 0 Å². The van der Waals surface area contributed by atoms with Crippen molar-refractivity contribution in [3.8, 4) is 11.5 Å². The fourth-order valence-electron chi connectivity index (χ4n) is 0.888. The van der Waals surface area contributed by atoms with Crippen LogP contribution in [0.1, 0.15) is 0 Å². The van der Waals surface area contributed by atoms with Crippen molar-refractivity contribution in [2.75, 3.05) is 13.0 Å². The Balaban J connectivity index is 2.54. The number of benzene rings is 1. The molecule has 1 aromatic carbocycles. The van der Waals surface area contributed by atoms with Crippen LogP contribution in [0.15, 0.2) is 24.3 Å². The van der Waals surface area contributed by atoms with Gasteiger partial charge in [-0.3, -0.25) is 4.52 Å². The molecule has 1 aromatic rings. The molecule has 0 aromatic heterocycles. The van der Waals surface area contributed by atoms with Crippen molar-refractivity contribution in [1.29, 1.82) is 0 Å². The predicted octanol–water partition coefficient (Wildman–Crippen LogP) is 1.22. The molecule has 0 fully saturated rings. The Hall–Kier alpha value is -1.65. The number of hydrogen-bond donors (Lipinski definition) is 2. The van der Waals surface area contributed by atoms with Gasteiger partial charge < -0.3 is 14.9 Å². The Morgan fingerprint density at radius 2 is 1.81 bits per heavy atom. The molecule has 0 heterocycles. The summed E-state index contributed by atoms with van der Waals surface area (Å²) < 4.78 is 20.6. The first-order valence-electron chi connectivity index (χ1n) is 4.30. The maximum absolute atomic E-state index is 10.8. The van der Waals surface area contributed by atoms with Crippen molar-refractivity contribution >= 4 is 14.0 Å². The van der Waals surface area contributed by atoms with E-state index in [9.17, 15) is 9.36 Å². The van der Waals surface area contributed by atoms with E-state index in [1.165, 1.54) is 24.3 Å². The topological polar surface area (TPSA) is 93.1 Å². The summed E-state index contributed by atoms with van der Waals surface area (Å²) in [7, 11) is -2.11. The first-order chi connectivity index (χ1) is 7.61. The van der Waals surface area contributed by atoms with Crippen LogP contribution in [-0.4, -0.2) is 29.1 Å². The van der Waals surface area contributed by atoms with Gasteiger partial charge in [0.2, 0.25) is 0 Å². The molecule has 0 amide bonds. The average Bonchev–Trinajstić information content (AvgIpc) is 2.28. The molecule has 16 heavy (non-hydrogen) atoms. The number of aliphatic carboxylic acids is 1. The smallest absolute Gasteiger partial charge is 0.482 e. The first kappa shape index (κ1) is 12.4. The van der Waals surface area contributed by atoms with Gasteiger partial charge in [0.25, 0.3) is 6.35 Å². The minimum atomic E-state index is -2.11. The Kier molecular flexibility index (Phi) is 4.69. The summed E-state index contributed by atoms with van der Waals surface area (Å²) in [6.45, 7) is -0.425. The summed E-state index contributed by atoms with van der Waals surface area (Å²) in [6.07, 6.45) is -0.549. The van der Waals surface area contributed by atoms with E-state index in [1.807, 2.05) is 0 Å². The Morgan fingerprint density at radius 1 is 1.25 bits per heavy atom. The van der Waals surface area contributed by atoms with Crippen LogP contribution in [0.4, 0.5) is 0 Å². The summed E-state index contributed by atoms with van der Waals surface area (Å²) in [4.78, 5) is 10.2. The summed E-state index contributed by atoms with van der Waals surface area (Å²) in [5.74, 6) is -0.379. The van der Waals surface area contributed by atoms with Gasteiger partial charge >= 0.3 is 14.0 Å². The van der Waals surface area contributed by atoms with E-state index in [2.05, 4.69) is 0 Å². The molecular formula is C9H10O6P+. The lowest BCUT2D eigenvalue weighted by molar-refractivity contribution is -0.139. The number of carboxylic acid groups (broad SMARTS) is 1. The van der Waals surface area contributed by atoms with E-state index in [0.717, 1.165) is 0 Å². The number of aliphatic hydroxyl groups excluding tert-OH is 1. The molecule has 1 unspecified atom stereocenters. The van der Waals surface area contributed by atoms with Crippen LogP contribution < -0.4 is 9.26 Å². The summed E-state index contributed by atoms with van der Waals surface area (Å²) in [6, 6.07) is 5.91. The third-order valence-electron chi connectivity index (χ3n) is 1.51. The third-order valence-corrected chi connectivity index (χ3v) is 2.15. The van der Waals surface area contributed by atoms with Crippen LogP contribution in [0, 0.1) is 0 Å². The van der Waals surface area contributed by atoms with Gasteiger partial charge in [0.15, 0.2) is 12.4 Å². The zero-order valence-electron chi connectivity index (χ0n) is 8.20. The van der Waals surface area contributed by atoms with Crippen LogP contribution in [0.2, 0.25) is 0 Å². The monoisotopic (exact) mass is 245 g/mol. The molecule has 1 rings (SSSR count). The summed E-state index contributed by atoms with van der Waals surface area (Å²) in [5, 5.41) is 16.9. The SMILES string of the molecule is O=C(O)COc1ccc(O[P+](=O)CO)cc1. The van der Waals surface area contributed by atoms with Gasteiger partial charge in [-0.05, 0) is 28.8 Å². The normalized spacial score (nSPS) is 10.7. The standard InChI is InChI=1S/C9H9O6P/c10-6-16(13)15-8-3-1-7(2-4-8)14-5-9(11)12/h1-4,10H,5-6H2/p+1. The Morgan fingerprint density at radius 3 is 2.31 bits per heavy atom. The maximum Gasteiger partial charge on any atom is 0.585 e. The zero-order chi connectivity index (χ0) is 12.0. The van der Waals surface area contributed by atoms with Crippen LogP contribution >= 0.6 is 8.03 Å². The molecule has 0 saturated heterocycles. The van der Waals surface area contributed by atoms with E-state index < -0.39 is 27.0 Å². The molecule has 1 atom stereocenters. The molecule has 6 nitrogen and oxygen atoms in total. The number of ether oxygens (including phenoxy) is 1. The van der Waals surface area contributed by atoms with Crippen LogP contribution in [0.25, 0.3) is 0 Å². The highest BCUT2D eigenvalue weighted by molar-refractivity contribution is 7.39. The fraction of sp³-hybridized carbons (Fsp3) is 0.222. The lowest BCUT2D eigenvalue weighted by atomic mass is 10.3. The highest BCUT2D eigenvalue weighted by Crippen LogP contribution is 2.27. The van der Waals surface area contributed by atoms with Crippen molar-refractivity contribution in [2.45, 2.75) is 0 Å². The lowest BCUT2D eigenvalue weighted by Crippen LogP contribution is -2.09. The van der Waals surface area contributed by atoms with Gasteiger partial charge in [0.05, 0.1) is 0 Å². The van der Waals surface area contributed by atoms with E-state index in [0.29, 0.717) is 11.5 Å². The Labute approximate surface area is 92.3 Å². The van der Waals surface area contributed by atoms with Crippen molar-refractivity contribution in [2.24, 2.45) is 0 Å². The fourth-order valence-corrected chi connectivity index (χ4v) is 1.30. The van der Waals surface area contributed by atoms with Gasteiger partial charge in [-0.2, -0.15) is 0 Å². The number of aliphatic hydroxyl groups is 1. The van der Waals surface area contributed by atoms with Gasteiger partial charge in [-0.15, -0.1) is 0 Å². The largest absolute Gasteiger partial charge is 0.585 e. The molecule has 0 aliphatic carbocycles. The van der Waals surface area contributed by atoms with E-state index in [1.54, 1.807) is 0 Å². The number of carboxylic acids is 1. The van der Waals surface area contributed by atoms with Crippen LogP contribution in [0.3, 0.4) is 0 Å². The summed E-state index contributed by atoms with van der Waals surface area (Å²) in [5.41, 5.74) is 0. The van der Waals surface area contributed by atoms with Crippen molar-refractivity contribution in [3.05, 3.63) is 24.3 Å². The quantitative estimate of drug-likeness (QED) is 0.732. The molecular weight excluding hydrogens is 235 g/mol. The van der Waals surface area contributed by atoms with Crippen molar-refractivity contribution in [3.63, 3.8) is 0 Å². The Bertz CT molecular complexity index is 374. The van der Waals surface area contributed by atoms with E-state index >= 15 is 0 Å². The third kappa shape index (κ3) is 4.25. The zero-order valence-corrected chi connectivity index (χ0v) is 9.09. The molecule has 86 valence electrons. The molecule has 0 saturated carbocycles. The van der Waals surface area contributed by atoms with E-state index in [-0.39, 0.29) is 0 Å². The minimum absolute atomic E-state index is 0.317. The minimum Gasteiger partial charge on any atom is -0.482 e. The van der Waals surface area contributed by atoms with Gasteiger partial charge in [-0.25, -0.2) is 4.79 Å². The molecule has 0 aliphatic heterocycles. The van der Waals surface area contributed by atoms with Crippen LogP contribution in [-0.2, 0) is 9.36 Å². The van der Waals surface area contributed by atoms with Crippen LogP contribution in [0.5, 0.6) is 11.5 Å². The highest BCUT2D eigenvalue weighted by Gasteiger charge is 2.16. The second-order valence-corrected chi connectivity index (χ2v) is 3.85. The first-order valence-corrected chi connectivity index (χ1v) is 5.66. The molecule has 0 radical (unpaired) electrons. The molecule has 0 spiro atoms. The van der Waals surface area contributed by atoms with Gasteiger partial charge in [0, 0.05) is 0 Å². The lowest BCUT2D eigenvalue weighted by Gasteiger charge is -2.02. The number of rotatable bonds is 6. The highest BCUT2D eigenvalue weighted by atomic mass is 31.1. The van der Waals surface area contributed by atoms with E-state index in [4.69, 9.17) is 19.5 Å². The number of carbonyl (C=O) groups is 1. The second-order valence-electron chi connectivity index (χ2n) is 2.72. The molecule has 7 heteroatoms. The second kappa shape index (κ2) is 6.05. The average molecular weight is 245 g/mol. The molecule has 2 N–H and O–H groups in total.